The van der Waals surface area contributed by atoms with Crippen molar-refractivity contribution < 1.29 is 37.8 Å². The Morgan fingerprint density at radius 3 is 2.00 bits per heavy atom. The first-order chi connectivity index (χ1) is 15.5. The molecule has 0 spiro atoms. The molecular weight excluding hydrogens is 441 g/mol. The van der Waals surface area contributed by atoms with Gasteiger partial charge in [-0.1, -0.05) is 31.0 Å². The number of carbonyl (C=O) groups is 3. The van der Waals surface area contributed by atoms with Crippen LogP contribution in [0.4, 0.5) is 24.5 Å². The molecule has 1 aliphatic heterocycles. The average molecular weight is 466 g/mol. The zero-order valence-corrected chi connectivity index (χ0v) is 18.0. The molecule has 3 N–H and O–H groups in total. The molecule has 1 fully saturated rings. The molecule has 0 radical (unpaired) electrons. The fraction of sp³-hybridized carbons (Fsp3) is 0.348. The summed E-state index contributed by atoms with van der Waals surface area (Å²) in [6.07, 6.45) is -0.415. The lowest BCUT2D eigenvalue weighted by Gasteiger charge is -2.23. The van der Waals surface area contributed by atoms with Crippen molar-refractivity contribution in [3.63, 3.8) is 0 Å². The highest BCUT2D eigenvalue weighted by Crippen LogP contribution is 2.26. The summed E-state index contributed by atoms with van der Waals surface area (Å²) in [5, 5.41) is 19.5. The van der Waals surface area contributed by atoms with Gasteiger partial charge in [-0.2, -0.15) is 13.2 Å². The van der Waals surface area contributed by atoms with Gasteiger partial charge in [0.25, 0.3) is 5.91 Å². The molecule has 0 aliphatic carbocycles. The maximum atomic E-state index is 12.5. The van der Waals surface area contributed by atoms with E-state index in [-0.39, 0.29) is 11.5 Å². The number of carboxylic acids is 2. The maximum absolute atomic E-state index is 12.5. The minimum absolute atomic E-state index is 0.119. The highest BCUT2D eigenvalue weighted by atomic mass is 19.4. The van der Waals surface area contributed by atoms with Gasteiger partial charge in [-0.05, 0) is 49.6 Å². The molecule has 0 aromatic heterocycles. The number of nitrogens with one attached hydrogen (secondary N) is 1. The molecular formula is C23H25F3N2O5. The van der Waals surface area contributed by atoms with Crippen LogP contribution in [-0.2, 0) is 4.79 Å². The van der Waals surface area contributed by atoms with Gasteiger partial charge in [-0.3, -0.25) is 4.79 Å². The summed E-state index contributed by atoms with van der Waals surface area (Å²) in [4.78, 5) is 35.4. The molecule has 1 saturated heterocycles. The summed E-state index contributed by atoms with van der Waals surface area (Å²) in [6.45, 7) is 3.73. The van der Waals surface area contributed by atoms with Crippen LogP contribution in [0.3, 0.4) is 0 Å². The van der Waals surface area contributed by atoms with E-state index in [1.54, 1.807) is 24.3 Å². The third-order valence-electron chi connectivity index (χ3n) is 5.09. The number of aliphatic carboxylic acids is 1. The van der Waals surface area contributed by atoms with E-state index >= 15 is 0 Å². The Bertz CT molecular complexity index is 1000. The Morgan fingerprint density at radius 2 is 1.48 bits per heavy atom. The largest absolute Gasteiger partial charge is 0.490 e. The normalized spacial score (nSPS) is 13.9. The molecule has 0 unspecified atom stereocenters. The van der Waals surface area contributed by atoms with Crippen molar-refractivity contribution >= 4 is 29.2 Å². The highest BCUT2D eigenvalue weighted by Gasteiger charge is 2.38. The predicted molar refractivity (Wildman–Crippen MR) is 117 cm³/mol. The molecule has 2 aromatic carbocycles. The first-order valence-corrected chi connectivity index (χ1v) is 10.3. The van der Waals surface area contributed by atoms with E-state index in [2.05, 4.69) is 10.2 Å². The monoisotopic (exact) mass is 466 g/mol. The molecule has 2 aromatic rings. The van der Waals surface area contributed by atoms with Gasteiger partial charge in [-0.25, -0.2) is 9.59 Å². The van der Waals surface area contributed by atoms with Crippen molar-refractivity contribution in [1.82, 2.24) is 0 Å². The molecule has 33 heavy (non-hydrogen) atoms. The van der Waals surface area contributed by atoms with Crippen LogP contribution in [0.5, 0.6) is 0 Å². The Balaban J connectivity index is 0.000000479. The number of hydrogen-bond donors (Lipinski definition) is 3. The molecule has 1 aliphatic rings. The van der Waals surface area contributed by atoms with Gasteiger partial charge in [0, 0.05) is 24.3 Å². The number of anilines is 2. The smallest absolute Gasteiger partial charge is 0.478 e. The maximum Gasteiger partial charge on any atom is 0.490 e. The van der Waals surface area contributed by atoms with Crippen molar-refractivity contribution in [3.05, 3.63) is 59.2 Å². The molecule has 10 heteroatoms. The van der Waals surface area contributed by atoms with E-state index in [0.717, 1.165) is 37.2 Å². The van der Waals surface area contributed by atoms with E-state index in [1.807, 2.05) is 25.1 Å². The van der Waals surface area contributed by atoms with E-state index in [4.69, 9.17) is 9.90 Å². The topological polar surface area (TPSA) is 107 Å². The standard InChI is InChI=1S/C21H24N2O3.C2HF3O2/c1-15-8-4-5-9-17(15)20(24)22-19-11-10-16(14-18(19)21(25)26)23-12-6-2-3-7-13-23;3-2(4,5)1(6)7/h4-5,8-11,14H,2-3,6-7,12-13H2,1H3,(H,22,24)(H,25,26);(H,6,7). The summed E-state index contributed by atoms with van der Waals surface area (Å²) in [5.41, 5.74) is 2.74. The number of halogens is 3. The van der Waals surface area contributed by atoms with Gasteiger partial charge in [0.1, 0.15) is 0 Å². The lowest BCUT2D eigenvalue weighted by Crippen LogP contribution is -2.24. The van der Waals surface area contributed by atoms with Gasteiger partial charge in [0.05, 0.1) is 11.3 Å². The predicted octanol–water partition coefficient (Wildman–Crippen LogP) is 4.96. The Hall–Kier alpha value is -3.56. The van der Waals surface area contributed by atoms with E-state index in [1.165, 1.54) is 12.8 Å². The Kier molecular flexibility index (Phi) is 8.84. The summed E-state index contributed by atoms with van der Waals surface area (Å²) in [6, 6.07) is 12.5. The number of amides is 1. The summed E-state index contributed by atoms with van der Waals surface area (Å²) in [7, 11) is 0. The second-order valence-corrected chi connectivity index (χ2v) is 7.51. The van der Waals surface area contributed by atoms with Gasteiger partial charge in [-0.15, -0.1) is 0 Å². The summed E-state index contributed by atoms with van der Waals surface area (Å²) in [5.74, 6) is -4.10. The SMILES string of the molecule is Cc1ccccc1C(=O)Nc1ccc(N2CCCCCC2)cc1C(=O)O.O=C(O)C(F)(F)F. The number of aryl methyl sites for hydroxylation is 1. The van der Waals surface area contributed by atoms with Crippen LogP contribution < -0.4 is 10.2 Å². The van der Waals surface area contributed by atoms with Gasteiger partial charge in [0.2, 0.25) is 0 Å². The lowest BCUT2D eigenvalue weighted by molar-refractivity contribution is -0.192. The van der Waals surface area contributed by atoms with Crippen LogP contribution in [0, 0.1) is 6.92 Å². The van der Waals surface area contributed by atoms with Crippen molar-refractivity contribution in [3.8, 4) is 0 Å². The van der Waals surface area contributed by atoms with E-state index in [0.29, 0.717) is 11.3 Å². The van der Waals surface area contributed by atoms with Crippen molar-refractivity contribution in [2.45, 2.75) is 38.8 Å². The molecule has 0 saturated carbocycles. The lowest BCUT2D eigenvalue weighted by atomic mass is 10.1. The molecule has 178 valence electrons. The highest BCUT2D eigenvalue weighted by molar-refractivity contribution is 6.08. The van der Waals surface area contributed by atoms with Crippen LogP contribution in [0.15, 0.2) is 42.5 Å². The van der Waals surface area contributed by atoms with Crippen molar-refractivity contribution in [2.24, 2.45) is 0 Å². The molecule has 1 amide bonds. The molecule has 3 rings (SSSR count). The molecule has 7 nitrogen and oxygen atoms in total. The first-order valence-electron chi connectivity index (χ1n) is 10.3. The second kappa shape index (κ2) is 11.3. The minimum atomic E-state index is -5.08. The van der Waals surface area contributed by atoms with Crippen LogP contribution in [0.1, 0.15) is 52.0 Å². The van der Waals surface area contributed by atoms with Crippen LogP contribution in [0.25, 0.3) is 0 Å². The van der Waals surface area contributed by atoms with Gasteiger partial charge in [0.15, 0.2) is 0 Å². The number of rotatable bonds is 4. The molecule has 1 heterocycles. The number of alkyl halides is 3. The number of benzene rings is 2. The second-order valence-electron chi connectivity index (χ2n) is 7.51. The van der Waals surface area contributed by atoms with E-state index < -0.39 is 18.1 Å². The third kappa shape index (κ3) is 7.51. The first kappa shape index (κ1) is 25.7. The third-order valence-corrected chi connectivity index (χ3v) is 5.09. The zero-order chi connectivity index (χ0) is 24.6. The minimum Gasteiger partial charge on any atom is -0.478 e. The van der Waals surface area contributed by atoms with Gasteiger partial charge < -0.3 is 20.4 Å². The summed E-state index contributed by atoms with van der Waals surface area (Å²) < 4.78 is 31.7. The average Bonchev–Trinajstić information content (AvgIpc) is 3.03. The number of carboxylic acid groups (broad SMARTS) is 2. The van der Waals surface area contributed by atoms with Gasteiger partial charge >= 0.3 is 18.1 Å². The van der Waals surface area contributed by atoms with Crippen LogP contribution >= 0.6 is 0 Å². The number of aromatic carboxylic acids is 1. The Morgan fingerprint density at radius 1 is 0.909 bits per heavy atom. The van der Waals surface area contributed by atoms with Crippen LogP contribution in [-0.4, -0.2) is 47.3 Å². The fourth-order valence-corrected chi connectivity index (χ4v) is 3.36. The van der Waals surface area contributed by atoms with Crippen molar-refractivity contribution in [1.29, 1.82) is 0 Å². The zero-order valence-electron chi connectivity index (χ0n) is 18.0. The van der Waals surface area contributed by atoms with Crippen LogP contribution in [0.2, 0.25) is 0 Å². The van der Waals surface area contributed by atoms with E-state index in [9.17, 15) is 27.9 Å². The molecule has 0 bridgehead atoms. The van der Waals surface area contributed by atoms with Crippen molar-refractivity contribution in [2.75, 3.05) is 23.3 Å². The Labute approximate surface area is 188 Å². The molecule has 0 atom stereocenters. The fourth-order valence-electron chi connectivity index (χ4n) is 3.36. The number of hydrogen-bond acceptors (Lipinski definition) is 4. The number of nitrogens with zero attached hydrogens (tertiary/aromatic N) is 1. The summed E-state index contributed by atoms with van der Waals surface area (Å²) >= 11 is 0. The quantitative estimate of drug-likeness (QED) is 0.588. The number of carbonyl (C=O) groups excluding carboxylic acids is 1.